The summed E-state index contributed by atoms with van der Waals surface area (Å²) in [6.45, 7) is 0. The average molecular weight is 411 g/mol. The van der Waals surface area contributed by atoms with E-state index in [-0.39, 0.29) is 18.1 Å². The van der Waals surface area contributed by atoms with E-state index in [2.05, 4.69) is 5.32 Å². The first-order chi connectivity index (χ1) is 14.5. The van der Waals surface area contributed by atoms with Gasteiger partial charge in [-0.1, -0.05) is 30.3 Å². The number of hydrogen-bond donors (Lipinski definition) is 1. The van der Waals surface area contributed by atoms with E-state index in [1.165, 1.54) is 31.4 Å². The fourth-order valence-corrected chi connectivity index (χ4v) is 3.29. The number of hydrogen-bond acceptors (Lipinski definition) is 3. The van der Waals surface area contributed by atoms with Gasteiger partial charge in [0.25, 0.3) is 0 Å². The Hall–Kier alpha value is -3.41. The van der Waals surface area contributed by atoms with Crippen LogP contribution in [0.3, 0.4) is 0 Å². The summed E-state index contributed by atoms with van der Waals surface area (Å²) in [6, 6.07) is 16.9. The van der Waals surface area contributed by atoms with Crippen LogP contribution in [0.2, 0.25) is 0 Å². The monoisotopic (exact) mass is 411 g/mol. The maximum absolute atomic E-state index is 13.8. The Kier molecular flexibility index (Phi) is 7.01. The number of halogens is 2. The highest BCUT2D eigenvalue weighted by molar-refractivity contribution is 5.80. The molecule has 3 aromatic carbocycles. The molecule has 1 N–H and O–H groups in total. The van der Waals surface area contributed by atoms with Crippen molar-refractivity contribution < 1.29 is 23.0 Å². The largest absolute Gasteiger partial charge is 0.497 e. The SMILES string of the molecule is COc1ccc(CC(=O)NC(Cc2cccc(F)c2)c2cccc(F)c2)c(OC)c1. The minimum absolute atomic E-state index is 0.0716. The second kappa shape index (κ2) is 9.87. The number of benzene rings is 3. The third-order valence-corrected chi connectivity index (χ3v) is 4.76. The molecular formula is C24H23F2NO3. The first kappa shape index (κ1) is 21.3. The van der Waals surface area contributed by atoms with E-state index in [1.54, 1.807) is 49.6 Å². The molecule has 0 aliphatic carbocycles. The van der Waals surface area contributed by atoms with E-state index in [4.69, 9.17) is 9.47 Å². The van der Waals surface area contributed by atoms with Crippen LogP contribution in [0.5, 0.6) is 11.5 Å². The summed E-state index contributed by atoms with van der Waals surface area (Å²) >= 11 is 0. The van der Waals surface area contributed by atoms with Crippen molar-refractivity contribution in [3.05, 3.63) is 95.1 Å². The van der Waals surface area contributed by atoms with Crippen molar-refractivity contribution in [2.75, 3.05) is 14.2 Å². The lowest BCUT2D eigenvalue weighted by Gasteiger charge is -2.20. The van der Waals surface area contributed by atoms with Gasteiger partial charge in [-0.3, -0.25) is 4.79 Å². The average Bonchev–Trinajstić information content (AvgIpc) is 2.73. The van der Waals surface area contributed by atoms with Gasteiger partial charge in [-0.15, -0.1) is 0 Å². The van der Waals surface area contributed by atoms with Gasteiger partial charge in [0.15, 0.2) is 0 Å². The molecule has 30 heavy (non-hydrogen) atoms. The van der Waals surface area contributed by atoms with E-state index in [0.717, 1.165) is 0 Å². The summed E-state index contributed by atoms with van der Waals surface area (Å²) in [5.41, 5.74) is 2.00. The highest BCUT2D eigenvalue weighted by Crippen LogP contribution is 2.26. The third kappa shape index (κ3) is 5.56. The van der Waals surface area contributed by atoms with Crippen LogP contribution >= 0.6 is 0 Å². The predicted octanol–water partition coefficient (Wildman–Crippen LogP) is 4.62. The van der Waals surface area contributed by atoms with Gasteiger partial charge in [0.05, 0.1) is 26.7 Å². The molecule has 0 bridgehead atoms. The van der Waals surface area contributed by atoms with Gasteiger partial charge < -0.3 is 14.8 Å². The summed E-state index contributed by atoms with van der Waals surface area (Å²) in [5.74, 6) is 0.142. The van der Waals surface area contributed by atoms with E-state index in [9.17, 15) is 13.6 Å². The highest BCUT2D eigenvalue weighted by atomic mass is 19.1. The molecule has 0 fully saturated rings. The lowest BCUT2D eigenvalue weighted by atomic mass is 9.98. The molecule has 4 nitrogen and oxygen atoms in total. The lowest BCUT2D eigenvalue weighted by Crippen LogP contribution is -2.31. The Morgan fingerprint density at radius 2 is 1.67 bits per heavy atom. The molecule has 6 heteroatoms. The molecule has 3 rings (SSSR count). The van der Waals surface area contributed by atoms with E-state index >= 15 is 0 Å². The van der Waals surface area contributed by atoms with Crippen molar-refractivity contribution in [1.29, 1.82) is 0 Å². The normalized spacial score (nSPS) is 11.6. The van der Waals surface area contributed by atoms with Crippen molar-refractivity contribution >= 4 is 5.91 Å². The van der Waals surface area contributed by atoms with Gasteiger partial charge in [-0.05, 0) is 47.9 Å². The Morgan fingerprint density at radius 1 is 0.933 bits per heavy atom. The third-order valence-electron chi connectivity index (χ3n) is 4.76. The fourth-order valence-electron chi connectivity index (χ4n) is 3.29. The highest BCUT2D eigenvalue weighted by Gasteiger charge is 2.18. The zero-order valence-electron chi connectivity index (χ0n) is 16.8. The van der Waals surface area contributed by atoms with Crippen LogP contribution in [-0.2, 0) is 17.6 Å². The van der Waals surface area contributed by atoms with E-state index < -0.39 is 11.9 Å². The number of rotatable bonds is 8. The molecule has 0 saturated heterocycles. The summed E-state index contributed by atoms with van der Waals surface area (Å²) in [4.78, 5) is 12.8. The van der Waals surface area contributed by atoms with Crippen molar-refractivity contribution in [3.63, 3.8) is 0 Å². The Labute approximate surface area is 174 Å². The number of nitrogens with one attached hydrogen (secondary N) is 1. The summed E-state index contributed by atoms with van der Waals surface area (Å²) in [6.07, 6.45) is 0.398. The van der Waals surface area contributed by atoms with Gasteiger partial charge in [0.1, 0.15) is 23.1 Å². The van der Waals surface area contributed by atoms with Crippen molar-refractivity contribution in [3.8, 4) is 11.5 Å². The predicted molar refractivity (Wildman–Crippen MR) is 111 cm³/mol. The minimum Gasteiger partial charge on any atom is -0.497 e. The second-order valence-corrected chi connectivity index (χ2v) is 6.86. The van der Waals surface area contributed by atoms with Crippen molar-refractivity contribution in [2.45, 2.75) is 18.9 Å². The van der Waals surface area contributed by atoms with Crippen LogP contribution in [0.1, 0.15) is 22.7 Å². The maximum atomic E-state index is 13.8. The molecule has 1 atom stereocenters. The van der Waals surface area contributed by atoms with Gasteiger partial charge in [0, 0.05) is 11.6 Å². The van der Waals surface area contributed by atoms with Gasteiger partial charge in [0.2, 0.25) is 5.91 Å². The van der Waals surface area contributed by atoms with Crippen LogP contribution in [0.15, 0.2) is 66.7 Å². The number of ether oxygens (including phenoxy) is 2. The van der Waals surface area contributed by atoms with E-state index in [1.807, 2.05) is 0 Å². The Bertz CT molecular complexity index is 1020. The molecule has 1 amide bonds. The topological polar surface area (TPSA) is 47.6 Å². The van der Waals surface area contributed by atoms with Gasteiger partial charge >= 0.3 is 0 Å². The first-order valence-corrected chi connectivity index (χ1v) is 9.48. The van der Waals surface area contributed by atoms with Crippen LogP contribution in [0.25, 0.3) is 0 Å². The molecule has 0 radical (unpaired) electrons. The number of methoxy groups -OCH3 is 2. The maximum Gasteiger partial charge on any atom is 0.225 e. The quantitative estimate of drug-likeness (QED) is 0.588. The molecule has 0 aromatic heterocycles. The van der Waals surface area contributed by atoms with Crippen molar-refractivity contribution in [2.24, 2.45) is 0 Å². The standard InChI is InChI=1S/C24H23F2NO3/c1-29-21-10-9-18(23(15-21)30-2)14-24(28)27-22(17-6-4-8-20(26)13-17)12-16-5-3-7-19(25)11-16/h3-11,13,15,22H,12,14H2,1-2H3,(H,27,28). The van der Waals surface area contributed by atoms with E-state index in [0.29, 0.717) is 34.6 Å². The molecule has 0 aliphatic rings. The molecule has 0 aliphatic heterocycles. The second-order valence-electron chi connectivity index (χ2n) is 6.86. The minimum atomic E-state index is -0.515. The van der Waals surface area contributed by atoms with Gasteiger partial charge in [-0.2, -0.15) is 0 Å². The molecule has 1 unspecified atom stereocenters. The lowest BCUT2D eigenvalue weighted by molar-refractivity contribution is -0.121. The smallest absolute Gasteiger partial charge is 0.225 e. The first-order valence-electron chi connectivity index (χ1n) is 9.48. The molecule has 0 heterocycles. The summed E-state index contributed by atoms with van der Waals surface area (Å²) in [7, 11) is 3.08. The Balaban J connectivity index is 1.81. The van der Waals surface area contributed by atoms with Gasteiger partial charge in [-0.25, -0.2) is 8.78 Å². The number of carbonyl (C=O) groups is 1. The molecular weight excluding hydrogens is 388 g/mol. The van der Waals surface area contributed by atoms with Crippen LogP contribution < -0.4 is 14.8 Å². The van der Waals surface area contributed by atoms with Crippen LogP contribution in [0, 0.1) is 11.6 Å². The van der Waals surface area contributed by atoms with Crippen LogP contribution in [-0.4, -0.2) is 20.1 Å². The molecule has 0 saturated carbocycles. The zero-order valence-corrected chi connectivity index (χ0v) is 16.8. The van der Waals surface area contributed by atoms with Crippen molar-refractivity contribution in [1.82, 2.24) is 5.32 Å². The molecule has 156 valence electrons. The molecule has 3 aromatic rings. The van der Waals surface area contributed by atoms with Crippen LogP contribution in [0.4, 0.5) is 8.78 Å². The Morgan fingerprint density at radius 3 is 2.33 bits per heavy atom. The fraction of sp³-hybridized carbons (Fsp3) is 0.208. The number of amides is 1. The molecule has 0 spiro atoms. The summed E-state index contributed by atoms with van der Waals surface area (Å²) in [5, 5.41) is 2.94. The number of carbonyl (C=O) groups excluding carboxylic acids is 1. The summed E-state index contributed by atoms with van der Waals surface area (Å²) < 4.78 is 37.9. The zero-order chi connectivity index (χ0) is 21.5.